The van der Waals surface area contributed by atoms with Crippen LogP contribution in [0.5, 0.6) is 0 Å². The molecule has 1 aliphatic rings. The molecule has 3 aromatic rings. The van der Waals surface area contributed by atoms with E-state index < -0.39 is 13.7 Å². The van der Waals surface area contributed by atoms with Crippen LogP contribution in [0.2, 0.25) is 19.6 Å². The highest BCUT2D eigenvalue weighted by Crippen LogP contribution is 2.51. The number of carbonyl (C=O) groups excluding carboxylic acids is 1. The maximum Gasteiger partial charge on any atom is 0.199 e. The second-order valence-electron chi connectivity index (χ2n) is 8.40. The SMILES string of the molecule is C[Si](C)(C)C(c1ccccc1)C1(O)C(=O)c2ccccc2-c2ccccc21. The van der Waals surface area contributed by atoms with Gasteiger partial charge in [-0.15, -0.1) is 0 Å². The maximum absolute atomic E-state index is 13.7. The molecule has 0 radical (unpaired) electrons. The van der Waals surface area contributed by atoms with E-state index in [1.165, 1.54) is 0 Å². The summed E-state index contributed by atoms with van der Waals surface area (Å²) in [5, 5.41) is 12.2. The van der Waals surface area contributed by atoms with Crippen LogP contribution in [0.25, 0.3) is 11.1 Å². The van der Waals surface area contributed by atoms with Gasteiger partial charge in [-0.2, -0.15) is 0 Å². The first-order chi connectivity index (χ1) is 12.8. The molecule has 0 bridgehead atoms. The van der Waals surface area contributed by atoms with Crippen molar-refractivity contribution in [2.75, 3.05) is 0 Å². The van der Waals surface area contributed by atoms with Gasteiger partial charge in [0.1, 0.15) is 0 Å². The molecule has 0 aromatic heterocycles. The fourth-order valence-electron chi connectivity index (χ4n) is 4.59. The van der Waals surface area contributed by atoms with E-state index in [1.807, 2.05) is 78.9 Å². The van der Waals surface area contributed by atoms with Gasteiger partial charge >= 0.3 is 0 Å². The van der Waals surface area contributed by atoms with Crippen molar-refractivity contribution in [3.63, 3.8) is 0 Å². The molecule has 0 aliphatic heterocycles. The Bertz CT molecular complexity index is 1000. The van der Waals surface area contributed by atoms with Crippen LogP contribution in [-0.2, 0) is 5.60 Å². The van der Waals surface area contributed by atoms with E-state index in [4.69, 9.17) is 0 Å². The van der Waals surface area contributed by atoms with Gasteiger partial charge in [-0.25, -0.2) is 0 Å². The Morgan fingerprint density at radius 2 is 1.26 bits per heavy atom. The molecule has 0 heterocycles. The minimum atomic E-state index is -1.99. The molecule has 0 spiro atoms. The molecular formula is C24H24O2Si. The predicted octanol–water partition coefficient (Wildman–Crippen LogP) is 5.40. The van der Waals surface area contributed by atoms with Crippen molar-refractivity contribution < 1.29 is 9.90 Å². The molecule has 3 heteroatoms. The van der Waals surface area contributed by atoms with Gasteiger partial charge in [-0.05, 0) is 22.3 Å². The lowest BCUT2D eigenvalue weighted by Crippen LogP contribution is -2.52. The summed E-state index contributed by atoms with van der Waals surface area (Å²) in [7, 11) is -1.99. The van der Waals surface area contributed by atoms with Gasteiger partial charge in [0, 0.05) is 11.1 Å². The molecule has 27 heavy (non-hydrogen) atoms. The van der Waals surface area contributed by atoms with Crippen LogP contribution in [0, 0.1) is 0 Å². The largest absolute Gasteiger partial charge is 0.377 e. The van der Waals surface area contributed by atoms with Crippen molar-refractivity contribution in [1.82, 2.24) is 0 Å². The Kier molecular flexibility index (Phi) is 4.17. The molecule has 0 fully saturated rings. The van der Waals surface area contributed by atoms with Gasteiger partial charge < -0.3 is 5.11 Å². The lowest BCUT2D eigenvalue weighted by Gasteiger charge is -2.45. The van der Waals surface area contributed by atoms with E-state index in [0.717, 1.165) is 22.3 Å². The van der Waals surface area contributed by atoms with Crippen molar-refractivity contribution in [3.8, 4) is 11.1 Å². The first kappa shape index (κ1) is 17.9. The van der Waals surface area contributed by atoms with E-state index in [-0.39, 0.29) is 11.3 Å². The molecule has 2 unspecified atom stereocenters. The minimum absolute atomic E-state index is 0.187. The number of aliphatic hydroxyl groups is 1. The third-order valence-corrected chi connectivity index (χ3v) is 8.05. The van der Waals surface area contributed by atoms with Crippen LogP contribution >= 0.6 is 0 Å². The number of carbonyl (C=O) groups is 1. The van der Waals surface area contributed by atoms with Crippen molar-refractivity contribution in [1.29, 1.82) is 0 Å². The molecular weight excluding hydrogens is 348 g/mol. The molecule has 4 rings (SSSR count). The summed E-state index contributed by atoms with van der Waals surface area (Å²) in [6, 6.07) is 25.5. The van der Waals surface area contributed by atoms with Crippen LogP contribution in [0.4, 0.5) is 0 Å². The summed E-state index contributed by atoms with van der Waals surface area (Å²) in [4.78, 5) is 13.7. The van der Waals surface area contributed by atoms with E-state index >= 15 is 0 Å². The van der Waals surface area contributed by atoms with Crippen LogP contribution in [0.1, 0.15) is 27.0 Å². The Hall–Kier alpha value is -2.49. The van der Waals surface area contributed by atoms with E-state index in [0.29, 0.717) is 5.56 Å². The number of Topliss-reactive ketones (excluding diaryl/α,β-unsaturated/α-hetero) is 1. The highest BCUT2D eigenvalue weighted by atomic mass is 28.3. The Labute approximate surface area is 161 Å². The third-order valence-electron chi connectivity index (χ3n) is 5.56. The summed E-state index contributed by atoms with van der Waals surface area (Å²) in [6.07, 6.45) is 0. The molecule has 0 saturated heterocycles. The second kappa shape index (κ2) is 6.29. The van der Waals surface area contributed by atoms with Crippen molar-refractivity contribution in [3.05, 3.63) is 95.6 Å². The Morgan fingerprint density at radius 3 is 1.89 bits per heavy atom. The highest BCUT2D eigenvalue weighted by molar-refractivity contribution is 6.78. The van der Waals surface area contributed by atoms with Crippen molar-refractivity contribution in [2.24, 2.45) is 0 Å². The fourth-order valence-corrected chi connectivity index (χ4v) is 7.33. The van der Waals surface area contributed by atoms with E-state index in [9.17, 15) is 9.90 Å². The van der Waals surface area contributed by atoms with Crippen molar-refractivity contribution >= 4 is 13.9 Å². The number of fused-ring (bicyclic) bond motifs is 3. The summed E-state index contributed by atoms with van der Waals surface area (Å²) in [6.45, 7) is 6.66. The molecule has 0 amide bonds. The van der Waals surface area contributed by atoms with Gasteiger partial charge in [0.05, 0.1) is 8.07 Å². The van der Waals surface area contributed by atoms with E-state index in [2.05, 4.69) is 19.6 Å². The molecule has 0 saturated carbocycles. The summed E-state index contributed by atoms with van der Waals surface area (Å²) < 4.78 is 0. The van der Waals surface area contributed by atoms with Crippen LogP contribution in [0.15, 0.2) is 78.9 Å². The number of benzene rings is 3. The summed E-state index contributed by atoms with van der Waals surface area (Å²) in [5.41, 5.74) is 2.42. The molecule has 1 N–H and O–H groups in total. The van der Waals surface area contributed by atoms with E-state index in [1.54, 1.807) is 0 Å². The number of hydrogen-bond donors (Lipinski definition) is 1. The lowest BCUT2D eigenvalue weighted by atomic mass is 9.71. The molecule has 3 aromatic carbocycles. The molecule has 2 nitrogen and oxygen atoms in total. The zero-order valence-corrected chi connectivity index (χ0v) is 16.9. The molecule has 1 aliphatic carbocycles. The summed E-state index contributed by atoms with van der Waals surface area (Å²) >= 11 is 0. The number of hydrogen-bond acceptors (Lipinski definition) is 2. The molecule has 136 valence electrons. The quantitative estimate of drug-likeness (QED) is 0.625. The maximum atomic E-state index is 13.7. The third kappa shape index (κ3) is 2.70. The van der Waals surface area contributed by atoms with Gasteiger partial charge in [-0.3, -0.25) is 4.79 Å². The minimum Gasteiger partial charge on any atom is -0.377 e. The van der Waals surface area contributed by atoms with Gasteiger partial charge in [0.2, 0.25) is 0 Å². The number of rotatable bonds is 3. The monoisotopic (exact) mass is 372 g/mol. The zero-order chi connectivity index (χ0) is 19.2. The first-order valence-corrected chi connectivity index (χ1v) is 12.9. The smallest absolute Gasteiger partial charge is 0.199 e. The Balaban J connectivity index is 2.05. The average Bonchev–Trinajstić information content (AvgIpc) is 2.66. The van der Waals surface area contributed by atoms with Crippen LogP contribution in [-0.4, -0.2) is 19.0 Å². The second-order valence-corrected chi connectivity index (χ2v) is 13.7. The van der Waals surface area contributed by atoms with Crippen molar-refractivity contribution in [2.45, 2.75) is 30.8 Å². The van der Waals surface area contributed by atoms with Gasteiger partial charge in [0.25, 0.3) is 0 Å². The average molecular weight is 373 g/mol. The Morgan fingerprint density at radius 1 is 0.741 bits per heavy atom. The fraction of sp³-hybridized carbons (Fsp3) is 0.208. The first-order valence-electron chi connectivity index (χ1n) is 9.36. The standard InChI is InChI=1S/C24H24O2Si/c1-27(2,3)23(17-11-5-4-6-12-17)24(26)21-16-10-9-14-19(21)18-13-7-8-15-20(18)22(24)25/h4-16,23,26H,1-3H3. The van der Waals surface area contributed by atoms with Gasteiger partial charge in [0.15, 0.2) is 11.4 Å². The molecule has 2 atom stereocenters. The predicted molar refractivity (Wildman–Crippen MR) is 113 cm³/mol. The lowest BCUT2D eigenvalue weighted by molar-refractivity contribution is 0.0248. The summed E-state index contributed by atoms with van der Waals surface area (Å²) in [5.74, 6) is -0.187. The highest BCUT2D eigenvalue weighted by Gasteiger charge is 2.54. The van der Waals surface area contributed by atoms with Crippen LogP contribution < -0.4 is 0 Å². The zero-order valence-electron chi connectivity index (χ0n) is 15.9. The van der Waals surface area contributed by atoms with Gasteiger partial charge in [-0.1, -0.05) is 98.5 Å². The van der Waals surface area contributed by atoms with Crippen LogP contribution in [0.3, 0.4) is 0 Å². The topological polar surface area (TPSA) is 37.3 Å². The number of ketones is 1. The normalized spacial score (nSPS) is 19.9.